The number of fused-ring (bicyclic) bond motifs is 1. The number of benzene rings is 2. The Hall–Kier alpha value is -1.30. The van der Waals surface area contributed by atoms with Crippen LogP contribution in [0, 0.1) is 13.8 Å². The third kappa shape index (κ3) is 1.97. The monoisotopic (exact) mass is 212 g/mol. The molecular formula is C16H20. The van der Waals surface area contributed by atoms with Crippen molar-refractivity contribution in [3.63, 3.8) is 0 Å². The number of hydrogen-bond acceptors (Lipinski definition) is 0. The van der Waals surface area contributed by atoms with Crippen LogP contribution in [0.3, 0.4) is 0 Å². The second kappa shape index (κ2) is 3.62. The van der Waals surface area contributed by atoms with Crippen molar-refractivity contribution in [2.45, 2.75) is 40.0 Å². The highest BCUT2D eigenvalue weighted by Gasteiger charge is 2.13. The molecule has 0 heteroatoms. The molecule has 0 spiro atoms. The van der Waals surface area contributed by atoms with Crippen LogP contribution in [0.15, 0.2) is 30.3 Å². The van der Waals surface area contributed by atoms with Crippen LogP contribution in [0.25, 0.3) is 10.8 Å². The van der Waals surface area contributed by atoms with Crippen molar-refractivity contribution in [2.24, 2.45) is 0 Å². The molecule has 0 unspecified atom stereocenters. The molecule has 0 aromatic heterocycles. The summed E-state index contributed by atoms with van der Waals surface area (Å²) in [6.07, 6.45) is 0. The van der Waals surface area contributed by atoms with Crippen molar-refractivity contribution in [3.8, 4) is 0 Å². The molecule has 0 aliphatic rings. The van der Waals surface area contributed by atoms with Gasteiger partial charge in [-0.25, -0.2) is 0 Å². The standard InChI is InChI=1S/C16H20/c1-11-8-13-6-7-15(16(3,4)5)10-14(13)9-12(11)2/h6-10H,1-5H3. The lowest BCUT2D eigenvalue weighted by Gasteiger charge is -2.19. The summed E-state index contributed by atoms with van der Waals surface area (Å²) in [5, 5.41) is 2.70. The highest BCUT2D eigenvalue weighted by molar-refractivity contribution is 5.85. The lowest BCUT2D eigenvalue weighted by atomic mass is 9.85. The summed E-state index contributed by atoms with van der Waals surface area (Å²) in [6, 6.07) is 11.4. The second-order valence-electron chi connectivity index (χ2n) is 5.75. The van der Waals surface area contributed by atoms with E-state index in [2.05, 4.69) is 65.0 Å². The van der Waals surface area contributed by atoms with Gasteiger partial charge in [0.2, 0.25) is 0 Å². The van der Waals surface area contributed by atoms with E-state index >= 15 is 0 Å². The first kappa shape index (κ1) is 11.2. The van der Waals surface area contributed by atoms with E-state index in [1.54, 1.807) is 0 Å². The van der Waals surface area contributed by atoms with Crippen LogP contribution in [0.2, 0.25) is 0 Å². The summed E-state index contributed by atoms with van der Waals surface area (Å²) in [5.41, 5.74) is 4.38. The van der Waals surface area contributed by atoms with Gasteiger partial charge in [0.05, 0.1) is 0 Å². The second-order valence-corrected chi connectivity index (χ2v) is 5.75. The van der Waals surface area contributed by atoms with E-state index in [4.69, 9.17) is 0 Å². The van der Waals surface area contributed by atoms with Gasteiger partial charge in [0.15, 0.2) is 0 Å². The minimum Gasteiger partial charge on any atom is -0.0579 e. The molecule has 0 saturated carbocycles. The molecule has 0 fully saturated rings. The molecule has 2 aromatic carbocycles. The molecular weight excluding hydrogens is 192 g/mol. The zero-order chi connectivity index (χ0) is 11.9. The van der Waals surface area contributed by atoms with Crippen LogP contribution in [0.1, 0.15) is 37.5 Å². The van der Waals surface area contributed by atoms with Crippen molar-refractivity contribution < 1.29 is 0 Å². The molecule has 0 radical (unpaired) electrons. The molecule has 0 saturated heterocycles. The number of aryl methyl sites for hydroxylation is 2. The van der Waals surface area contributed by atoms with Gasteiger partial charge in [0.1, 0.15) is 0 Å². The Morgan fingerprint density at radius 2 is 1.31 bits per heavy atom. The smallest absolute Gasteiger partial charge is 0.0132 e. The Morgan fingerprint density at radius 3 is 1.88 bits per heavy atom. The van der Waals surface area contributed by atoms with Crippen LogP contribution < -0.4 is 0 Å². The van der Waals surface area contributed by atoms with Crippen LogP contribution in [-0.4, -0.2) is 0 Å². The Balaban J connectivity index is 2.67. The van der Waals surface area contributed by atoms with E-state index in [9.17, 15) is 0 Å². The van der Waals surface area contributed by atoms with E-state index in [-0.39, 0.29) is 5.41 Å². The molecule has 0 bridgehead atoms. The van der Waals surface area contributed by atoms with Gasteiger partial charge in [0, 0.05) is 0 Å². The van der Waals surface area contributed by atoms with Gasteiger partial charge >= 0.3 is 0 Å². The fraction of sp³-hybridized carbons (Fsp3) is 0.375. The molecule has 0 N–H and O–H groups in total. The van der Waals surface area contributed by atoms with Crippen molar-refractivity contribution >= 4 is 10.8 Å². The molecule has 0 nitrogen and oxygen atoms in total. The SMILES string of the molecule is Cc1cc2ccc(C(C)(C)C)cc2cc1C. The summed E-state index contributed by atoms with van der Waals surface area (Å²) >= 11 is 0. The van der Waals surface area contributed by atoms with Crippen molar-refractivity contribution in [2.75, 3.05) is 0 Å². The highest BCUT2D eigenvalue weighted by Crippen LogP contribution is 2.27. The minimum atomic E-state index is 0.229. The van der Waals surface area contributed by atoms with Gasteiger partial charge < -0.3 is 0 Å². The first-order valence-corrected chi connectivity index (χ1v) is 5.89. The van der Waals surface area contributed by atoms with E-state index in [1.807, 2.05) is 0 Å². The number of rotatable bonds is 0. The van der Waals surface area contributed by atoms with Crippen LogP contribution in [0.4, 0.5) is 0 Å². The molecule has 0 atom stereocenters. The quantitative estimate of drug-likeness (QED) is 0.591. The van der Waals surface area contributed by atoms with Crippen LogP contribution in [0.5, 0.6) is 0 Å². The van der Waals surface area contributed by atoms with E-state index in [0.717, 1.165) is 0 Å². The Labute approximate surface area is 98.3 Å². The van der Waals surface area contributed by atoms with Gasteiger partial charge in [-0.3, -0.25) is 0 Å². The van der Waals surface area contributed by atoms with E-state index < -0.39 is 0 Å². The molecule has 0 amide bonds. The molecule has 16 heavy (non-hydrogen) atoms. The van der Waals surface area contributed by atoms with Crippen molar-refractivity contribution in [1.82, 2.24) is 0 Å². The molecule has 2 aromatic rings. The van der Waals surface area contributed by atoms with E-state index in [0.29, 0.717) is 0 Å². The first-order chi connectivity index (χ1) is 7.38. The summed E-state index contributed by atoms with van der Waals surface area (Å²) in [6.45, 7) is 11.1. The van der Waals surface area contributed by atoms with E-state index in [1.165, 1.54) is 27.5 Å². The largest absolute Gasteiger partial charge is 0.0579 e. The summed E-state index contributed by atoms with van der Waals surface area (Å²) < 4.78 is 0. The van der Waals surface area contributed by atoms with Crippen molar-refractivity contribution in [3.05, 3.63) is 47.0 Å². The minimum absolute atomic E-state index is 0.229. The van der Waals surface area contributed by atoms with Crippen LogP contribution in [-0.2, 0) is 5.41 Å². The maximum absolute atomic E-state index is 2.32. The molecule has 0 heterocycles. The Kier molecular flexibility index (Phi) is 2.53. The normalized spacial score (nSPS) is 12.1. The van der Waals surface area contributed by atoms with Crippen LogP contribution >= 0.6 is 0 Å². The zero-order valence-electron chi connectivity index (χ0n) is 10.9. The van der Waals surface area contributed by atoms with Gasteiger partial charge in [-0.2, -0.15) is 0 Å². The maximum atomic E-state index is 2.32. The lowest BCUT2D eigenvalue weighted by Crippen LogP contribution is -2.10. The fourth-order valence-electron chi connectivity index (χ4n) is 1.99. The molecule has 84 valence electrons. The highest BCUT2D eigenvalue weighted by atomic mass is 14.2. The average Bonchev–Trinajstić information content (AvgIpc) is 2.17. The average molecular weight is 212 g/mol. The number of hydrogen-bond donors (Lipinski definition) is 0. The lowest BCUT2D eigenvalue weighted by molar-refractivity contribution is 0.591. The first-order valence-electron chi connectivity index (χ1n) is 5.89. The summed E-state index contributed by atoms with van der Waals surface area (Å²) in [7, 11) is 0. The predicted octanol–water partition coefficient (Wildman–Crippen LogP) is 4.75. The molecule has 0 aliphatic carbocycles. The fourth-order valence-corrected chi connectivity index (χ4v) is 1.99. The zero-order valence-corrected chi connectivity index (χ0v) is 10.9. The van der Waals surface area contributed by atoms with Gasteiger partial charge in [-0.15, -0.1) is 0 Å². The third-order valence-electron chi connectivity index (χ3n) is 3.32. The summed E-state index contributed by atoms with van der Waals surface area (Å²) in [4.78, 5) is 0. The van der Waals surface area contributed by atoms with Gasteiger partial charge in [-0.1, -0.05) is 51.1 Å². The Bertz CT molecular complexity index is 527. The Morgan fingerprint density at radius 1 is 0.750 bits per heavy atom. The molecule has 2 rings (SSSR count). The van der Waals surface area contributed by atoms with Gasteiger partial charge in [0.25, 0.3) is 0 Å². The predicted molar refractivity (Wildman–Crippen MR) is 72.1 cm³/mol. The summed E-state index contributed by atoms with van der Waals surface area (Å²) in [5.74, 6) is 0. The van der Waals surface area contributed by atoms with Crippen molar-refractivity contribution in [1.29, 1.82) is 0 Å². The maximum Gasteiger partial charge on any atom is -0.0132 e. The molecule has 0 aliphatic heterocycles. The third-order valence-corrected chi connectivity index (χ3v) is 3.32. The topological polar surface area (TPSA) is 0 Å². The van der Waals surface area contributed by atoms with Gasteiger partial charge in [-0.05, 0) is 46.7 Å².